The number of amides is 1. The van der Waals surface area contributed by atoms with Gasteiger partial charge in [-0.25, -0.2) is 17.7 Å². The monoisotopic (exact) mass is 300 g/mol. The highest BCUT2D eigenvalue weighted by molar-refractivity contribution is 7.89. The third-order valence-corrected chi connectivity index (χ3v) is 4.43. The summed E-state index contributed by atoms with van der Waals surface area (Å²) >= 11 is 0. The number of pyridine rings is 1. The molecule has 7 nitrogen and oxygen atoms in total. The maximum absolute atomic E-state index is 12.0. The molecule has 1 rings (SSSR count). The molecule has 1 aromatic heterocycles. The van der Waals surface area contributed by atoms with E-state index in [1.807, 2.05) is 6.92 Å². The number of carbonyl (C=O) groups excluding carboxylic acids is 1. The van der Waals surface area contributed by atoms with Crippen molar-refractivity contribution in [3.63, 3.8) is 0 Å². The molecule has 0 spiro atoms. The fourth-order valence-corrected chi connectivity index (χ4v) is 2.19. The third-order valence-electron chi connectivity index (χ3n) is 2.60. The van der Waals surface area contributed by atoms with Crippen LogP contribution in [0.2, 0.25) is 0 Å². The van der Waals surface area contributed by atoms with Gasteiger partial charge in [0.2, 0.25) is 10.0 Å². The van der Waals surface area contributed by atoms with E-state index in [9.17, 15) is 13.2 Å². The number of aromatic nitrogens is 1. The number of nitrogens with one attached hydrogen (secondary N) is 2. The Morgan fingerprint density at radius 1 is 1.40 bits per heavy atom. The Balaban J connectivity index is 2.64. The Hall–Kier alpha value is -1.67. The molecular weight excluding hydrogens is 280 g/mol. The molecule has 0 bridgehead atoms. The summed E-state index contributed by atoms with van der Waals surface area (Å²) in [6, 6.07) is 3.30. The molecule has 20 heavy (non-hydrogen) atoms. The quantitative estimate of drug-likeness (QED) is 0.747. The van der Waals surface area contributed by atoms with Gasteiger partial charge in [-0.15, -0.1) is 0 Å². The first kappa shape index (κ1) is 16.4. The summed E-state index contributed by atoms with van der Waals surface area (Å²) in [5, 5.41) is 5.57. The highest BCUT2D eigenvalue weighted by Crippen LogP contribution is 2.10. The van der Waals surface area contributed by atoms with Crippen LogP contribution in [0.5, 0.6) is 0 Å². The third kappa shape index (κ3) is 4.46. The van der Waals surface area contributed by atoms with Gasteiger partial charge in [-0.3, -0.25) is 4.79 Å². The van der Waals surface area contributed by atoms with Crippen molar-refractivity contribution in [3.8, 4) is 0 Å². The van der Waals surface area contributed by atoms with Gasteiger partial charge < -0.3 is 10.6 Å². The van der Waals surface area contributed by atoms with Gasteiger partial charge in [0.15, 0.2) is 0 Å². The molecule has 0 saturated carbocycles. The number of anilines is 1. The topological polar surface area (TPSA) is 91.4 Å². The number of hydrogen-bond acceptors (Lipinski definition) is 5. The lowest BCUT2D eigenvalue weighted by Crippen LogP contribution is -2.34. The largest absolute Gasteiger partial charge is 0.370 e. The molecule has 0 unspecified atom stereocenters. The minimum Gasteiger partial charge on any atom is -0.370 e. The van der Waals surface area contributed by atoms with Crippen LogP contribution in [-0.2, 0) is 10.0 Å². The zero-order valence-electron chi connectivity index (χ0n) is 11.9. The van der Waals surface area contributed by atoms with Crippen molar-refractivity contribution in [1.82, 2.24) is 14.6 Å². The molecule has 0 radical (unpaired) electrons. The lowest BCUT2D eigenvalue weighted by Gasteiger charge is -2.12. The van der Waals surface area contributed by atoms with Gasteiger partial charge in [0.1, 0.15) is 5.82 Å². The van der Waals surface area contributed by atoms with E-state index in [0.29, 0.717) is 17.9 Å². The summed E-state index contributed by atoms with van der Waals surface area (Å²) in [6.07, 6.45) is 1.59. The molecule has 8 heteroatoms. The van der Waals surface area contributed by atoms with Gasteiger partial charge >= 0.3 is 0 Å². The van der Waals surface area contributed by atoms with Crippen molar-refractivity contribution in [2.24, 2.45) is 0 Å². The van der Waals surface area contributed by atoms with E-state index >= 15 is 0 Å². The van der Waals surface area contributed by atoms with E-state index in [1.165, 1.54) is 14.1 Å². The minimum absolute atomic E-state index is 0.0554. The molecule has 0 aliphatic carbocycles. The second kappa shape index (κ2) is 7.20. The maximum atomic E-state index is 12.0. The Morgan fingerprint density at radius 3 is 2.70 bits per heavy atom. The van der Waals surface area contributed by atoms with E-state index in [2.05, 4.69) is 15.6 Å². The first-order valence-corrected chi connectivity index (χ1v) is 7.86. The van der Waals surface area contributed by atoms with Crippen LogP contribution in [0.25, 0.3) is 0 Å². The predicted molar refractivity (Wildman–Crippen MR) is 78.2 cm³/mol. The normalized spacial score (nSPS) is 11.4. The molecule has 112 valence electrons. The smallest absolute Gasteiger partial charge is 0.255 e. The standard InChI is InChI=1S/C12H20N4O3S/c1-4-13-11-10(6-5-7-14-11)12(17)15-8-9-20(18,19)16(2)3/h5-7H,4,8-9H2,1-3H3,(H,13,14)(H,15,17). The highest BCUT2D eigenvalue weighted by Gasteiger charge is 2.15. The fourth-order valence-electron chi connectivity index (χ4n) is 1.47. The molecule has 0 fully saturated rings. The van der Waals surface area contributed by atoms with Crippen LogP contribution in [0.15, 0.2) is 18.3 Å². The second-order valence-corrected chi connectivity index (χ2v) is 6.59. The number of nitrogens with zero attached hydrogens (tertiary/aromatic N) is 2. The molecule has 0 saturated heterocycles. The molecule has 0 aliphatic heterocycles. The van der Waals surface area contributed by atoms with E-state index in [4.69, 9.17) is 0 Å². The average Bonchev–Trinajstić information content (AvgIpc) is 2.39. The van der Waals surface area contributed by atoms with Crippen molar-refractivity contribution in [1.29, 1.82) is 0 Å². The van der Waals surface area contributed by atoms with Crippen molar-refractivity contribution < 1.29 is 13.2 Å². The van der Waals surface area contributed by atoms with Gasteiger partial charge in [-0.1, -0.05) is 0 Å². The first-order valence-electron chi connectivity index (χ1n) is 6.25. The van der Waals surface area contributed by atoms with Gasteiger partial charge in [0.05, 0.1) is 11.3 Å². The second-order valence-electron chi connectivity index (χ2n) is 4.28. The maximum Gasteiger partial charge on any atom is 0.255 e. The van der Waals surface area contributed by atoms with E-state index in [0.717, 1.165) is 4.31 Å². The van der Waals surface area contributed by atoms with E-state index in [-0.39, 0.29) is 18.2 Å². The van der Waals surface area contributed by atoms with Crippen molar-refractivity contribution >= 4 is 21.7 Å². The lowest BCUT2D eigenvalue weighted by atomic mass is 10.2. The average molecular weight is 300 g/mol. The van der Waals surface area contributed by atoms with Gasteiger partial charge in [0, 0.05) is 33.4 Å². The summed E-state index contributed by atoms with van der Waals surface area (Å²) < 4.78 is 24.3. The summed E-state index contributed by atoms with van der Waals surface area (Å²) in [6.45, 7) is 2.60. The Labute approximate surface area is 119 Å². The van der Waals surface area contributed by atoms with Crippen LogP contribution in [-0.4, -0.2) is 56.6 Å². The number of carbonyl (C=O) groups is 1. The van der Waals surface area contributed by atoms with Crippen LogP contribution in [0, 0.1) is 0 Å². The number of hydrogen-bond donors (Lipinski definition) is 2. The summed E-state index contributed by atoms with van der Waals surface area (Å²) in [4.78, 5) is 16.1. The van der Waals surface area contributed by atoms with E-state index in [1.54, 1.807) is 18.3 Å². The van der Waals surface area contributed by atoms with Gasteiger partial charge in [-0.2, -0.15) is 0 Å². The van der Waals surface area contributed by atoms with Crippen LogP contribution >= 0.6 is 0 Å². The number of rotatable bonds is 7. The zero-order valence-corrected chi connectivity index (χ0v) is 12.7. The van der Waals surface area contributed by atoms with Crippen LogP contribution < -0.4 is 10.6 Å². The zero-order chi connectivity index (χ0) is 15.2. The van der Waals surface area contributed by atoms with Crippen molar-refractivity contribution in [2.45, 2.75) is 6.92 Å². The summed E-state index contributed by atoms with van der Waals surface area (Å²) in [7, 11) is -0.389. The molecule has 1 aromatic rings. The minimum atomic E-state index is -3.31. The molecule has 0 atom stereocenters. The van der Waals surface area contributed by atoms with Crippen LogP contribution in [0.1, 0.15) is 17.3 Å². The predicted octanol–water partition coefficient (Wildman–Crippen LogP) is 0.135. The van der Waals surface area contributed by atoms with Gasteiger partial charge in [-0.05, 0) is 19.1 Å². The van der Waals surface area contributed by atoms with Gasteiger partial charge in [0.25, 0.3) is 5.91 Å². The summed E-state index contributed by atoms with van der Waals surface area (Å²) in [5.41, 5.74) is 0.400. The van der Waals surface area contributed by atoms with Crippen LogP contribution in [0.4, 0.5) is 5.82 Å². The van der Waals surface area contributed by atoms with Crippen molar-refractivity contribution in [3.05, 3.63) is 23.9 Å². The Kier molecular flexibility index (Phi) is 5.90. The molecule has 0 aromatic carbocycles. The SMILES string of the molecule is CCNc1ncccc1C(=O)NCCS(=O)(=O)N(C)C. The fraction of sp³-hybridized carbons (Fsp3) is 0.500. The molecule has 2 N–H and O–H groups in total. The van der Waals surface area contributed by atoms with Crippen molar-refractivity contribution in [2.75, 3.05) is 38.3 Å². The highest BCUT2D eigenvalue weighted by atomic mass is 32.2. The first-order chi connectivity index (χ1) is 9.38. The van der Waals surface area contributed by atoms with Crippen LogP contribution in [0.3, 0.4) is 0 Å². The molecule has 0 aliphatic rings. The van der Waals surface area contributed by atoms with E-state index < -0.39 is 10.0 Å². The molecular formula is C12H20N4O3S. The Bertz CT molecular complexity index is 558. The lowest BCUT2D eigenvalue weighted by molar-refractivity contribution is 0.0956. The molecule has 1 heterocycles. The summed E-state index contributed by atoms with van der Waals surface area (Å²) in [5.74, 6) is 0.00805. The Morgan fingerprint density at radius 2 is 2.10 bits per heavy atom. The molecule has 1 amide bonds. The number of sulfonamides is 1.